The number of carboxylic acid groups (broad SMARTS) is 1. The van der Waals surface area contributed by atoms with Gasteiger partial charge < -0.3 is 15.3 Å². The average molecular weight is 494 g/mol. The van der Waals surface area contributed by atoms with Gasteiger partial charge in [0, 0.05) is 13.0 Å². The molecular weight excluding hydrogens is 462 g/mol. The van der Waals surface area contributed by atoms with E-state index in [4.69, 9.17) is 10.4 Å². The molecule has 3 rings (SSSR count). The smallest absolute Gasteiger partial charge is 0.326 e. The van der Waals surface area contributed by atoms with E-state index < -0.39 is 35.2 Å². The maximum Gasteiger partial charge on any atom is 0.326 e. The summed E-state index contributed by atoms with van der Waals surface area (Å²) in [5.41, 5.74) is 2.76. The van der Waals surface area contributed by atoms with E-state index in [0.29, 0.717) is 5.56 Å². The summed E-state index contributed by atoms with van der Waals surface area (Å²) in [7, 11) is 0. The van der Waals surface area contributed by atoms with Gasteiger partial charge in [0.05, 0.1) is 0 Å². The number of aliphatic carboxylic acids is 1. The van der Waals surface area contributed by atoms with E-state index in [0.717, 1.165) is 26.8 Å². The predicted molar refractivity (Wildman–Crippen MR) is 134 cm³/mol. The maximum atomic E-state index is 12.9. The van der Waals surface area contributed by atoms with E-state index >= 15 is 0 Å². The van der Waals surface area contributed by atoms with Crippen molar-refractivity contribution in [3.05, 3.63) is 72.3 Å². The number of hydrogen-bond acceptors (Lipinski definition) is 5. The highest BCUT2D eigenvalue weighted by Gasteiger charge is 2.32. The molecule has 0 spiro atoms. The van der Waals surface area contributed by atoms with E-state index in [-0.39, 0.29) is 18.9 Å². The third kappa shape index (κ3) is 6.38. The third-order valence-corrected chi connectivity index (χ3v) is 5.93. The summed E-state index contributed by atoms with van der Waals surface area (Å²) in [4.78, 5) is 38.0. The molecule has 0 radical (unpaired) electrons. The van der Waals surface area contributed by atoms with Crippen LogP contribution < -0.4 is 5.32 Å². The Hall–Kier alpha value is -3.95. The monoisotopic (exact) mass is 493 g/mol. The Morgan fingerprint density at radius 2 is 1.53 bits per heavy atom. The summed E-state index contributed by atoms with van der Waals surface area (Å²) in [5, 5.41) is 32.0. The van der Waals surface area contributed by atoms with Crippen LogP contribution in [0.15, 0.2) is 66.7 Å². The fourth-order valence-corrected chi connectivity index (χ4v) is 4.08. The molecule has 0 saturated heterocycles. The Balaban J connectivity index is 1.77. The summed E-state index contributed by atoms with van der Waals surface area (Å²) >= 11 is 0. The number of hydrogen-bond donors (Lipinski definition) is 4. The van der Waals surface area contributed by atoms with Gasteiger partial charge in [0.15, 0.2) is 0 Å². The molecule has 0 fully saturated rings. The second-order valence-corrected chi connectivity index (χ2v) is 9.12. The van der Waals surface area contributed by atoms with E-state index in [1.807, 2.05) is 74.5 Å². The average Bonchev–Trinajstić information content (AvgIpc) is 2.85. The summed E-state index contributed by atoms with van der Waals surface area (Å²) in [5.74, 6) is -2.39. The first-order valence-corrected chi connectivity index (χ1v) is 11.7. The van der Waals surface area contributed by atoms with Crippen LogP contribution in [0.25, 0.3) is 21.9 Å². The molecule has 3 amide bonds. The highest BCUT2D eigenvalue weighted by molar-refractivity contribution is 5.96. The summed E-state index contributed by atoms with van der Waals surface area (Å²) in [6.45, 7) is 5.09. The molecule has 9 nitrogen and oxygen atoms in total. The summed E-state index contributed by atoms with van der Waals surface area (Å²) in [6, 6.07) is 18.4. The second-order valence-electron chi connectivity index (χ2n) is 9.12. The SMILES string of the molecule is CC(C)CN(C(=O)N[C@@H](Cc1ccc(-c2cccc3ccccc23)cc1)C(=O)O)[C@@H](C)C(=O)N(O)O. The van der Waals surface area contributed by atoms with Gasteiger partial charge in [-0.2, -0.15) is 0 Å². The van der Waals surface area contributed by atoms with Crippen molar-refractivity contribution in [2.45, 2.75) is 39.3 Å². The van der Waals surface area contributed by atoms with Crippen LogP contribution in [0.1, 0.15) is 26.3 Å². The second kappa shape index (κ2) is 11.7. The van der Waals surface area contributed by atoms with Crippen molar-refractivity contribution in [1.29, 1.82) is 0 Å². The number of urea groups is 1. The van der Waals surface area contributed by atoms with Gasteiger partial charge in [-0.15, -0.1) is 0 Å². The lowest BCUT2D eigenvalue weighted by molar-refractivity contribution is -0.287. The van der Waals surface area contributed by atoms with E-state index in [1.165, 1.54) is 6.92 Å². The number of carboxylic acids is 1. The van der Waals surface area contributed by atoms with Crippen LogP contribution in [0.4, 0.5) is 4.79 Å². The van der Waals surface area contributed by atoms with Crippen molar-refractivity contribution in [2.24, 2.45) is 5.92 Å². The standard InChI is InChI=1S/C27H31N3O6/c1-17(2)16-29(18(3)25(31)30(35)36)27(34)28-24(26(32)33)15-19-11-13-21(14-12-19)23-10-6-8-20-7-4-5-9-22(20)23/h4-14,17-18,24,35-36H,15-16H2,1-3H3,(H,28,34)(H,32,33)/t18-,24-/m0/s1. The van der Waals surface area contributed by atoms with Crippen LogP contribution in [0.3, 0.4) is 0 Å². The number of rotatable bonds is 9. The van der Waals surface area contributed by atoms with E-state index in [9.17, 15) is 19.5 Å². The van der Waals surface area contributed by atoms with Crippen molar-refractivity contribution in [1.82, 2.24) is 15.4 Å². The van der Waals surface area contributed by atoms with Crippen LogP contribution in [0, 0.1) is 5.92 Å². The fraction of sp³-hybridized carbons (Fsp3) is 0.296. The summed E-state index contributed by atoms with van der Waals surface area (Å²) in [6.07, 6.45) is 0.0286. The molecule has 36 heavy (non-hydrogen) atoms. The molecule has 0 bridgehead atoms. The van der Waals surface area contributed by atoms with Crippen molar-refractivity contribution >= 4 is 28.7 Å². The number of nitrogens with one attached hydrogen (secondary N) is 1. The van der Waals surface area contributed by atoms with Gasteiger partial charge >= 0.3 is 12.0 Å². The number of nitrogens with zero attached hydrogens (tertiary/aromatic N) is 2. The van der Waals surface area contributed by atoms with Gasteiger partial charge in [-0.3, -0.25) is 15.2 Å². The van der Waals surface area contributed by atoms with Crippen molar-refractivity contribution in [3.8, 4) is 11.1 Å². The lowest BCUT2D eigenvalue weighted by atomic mass is 9.96. The van der Waals surface area contributed by atoms with Crippen molar-refractivity contribution in [2.75, 3.05) is 6.54 Å². The van der Waals surface area contributed by atoms with Crippen LogP contribution in [0.5, 0.6) is 0 Å². The zero-order valence-corrected chi connectivity index (χ0v) is 20.5. The molecule has 0 unspecified atom stereocenters. The van der Waals surface area contributed by atoms with Crippen molar-refractivity contribution in [3.63, 3.8) is 0 Å². The molecule has 0 aromatic heterocycles. The normalized spacial score (nSPS) is 12.7. The first kappa shape index (κ1) is 26.7. The Morgan fingerprint density at radius 3 is 2.14 bits per heavy atom. The number of carbonyl (C=O) groups excluding carboxylic acids is 2. The number of hydroxylamine groups is 2. The topological polar surface area (TPSA) is 130 Å². The maximum absolute atomic E-state index is 12.9. The zero-order valence-electron chi connectivity index (χ0n) is 20.5. The Bertz CT molecular complexity index is 1220. The Labute approximate surface area is 209 Å². The van der Waals surface area contributed by atoms with E-state index in [1.54, 1.807) is 0 Å². The quantitative estimate of drug-likeness (QED) is 0.262. The Morgan fingerprint density at radius 1 is 0.889 bits per heavy atom. The number of amides is 3. The molecule has 4 N–H and O–H groups in total. The molecule has 0 saturated carbocycles. The van der Waals surface area contributed by atoms with Crippen LogP contribution in [-0.2, 0) is 16.0 Å². The fourth-order valence-electron chi connectivity index (χ4n) is 4.08. The largest absolute Gasteiger partial charge is 0.480 e. The number of fused-ring (bicyclic) bond motifs is 1. The van der Waals surface area contributed by atoms with Gasteiger partial charge in [0.2, 0.25) is 0 Å². The molecule has 0 aliphatic carbocycles. The van der Waals surface area contributed by atoms with Crippen LogP contribution >= 0.6 is 0 Å². The Kier molecular flexibility index (Phi) is 8.63. The highest BCUT2D eigenvalue weighted by atomic mass is 16.8. The molecule has 2 atom stereocenters. The third-order valence-electron chi connectivity index (χ3n) is 5.93. The van der Waals surface area contributed by atoms with Gasteiger partial charge in [0.1, 0.15) is 12.1 Å². The zero-order chi connectivity index (χ0) is 26.4. The van der Waals surface area contributed by atoms with Gasteiger partial charge in [-0.25, -0.2) is 9.59 Å². The van der Waals surface area contributed by atoms with Crippen LogP contribution in [0.2, 0.25) is 0 Å². The van der Waals surface area contributed by atoms with E-state index in [2.05, 4.69) is 11.4 Å². The number of carbonyl (C=O) groups is 3. The molecule has 190 valence electrons. The first-order valence-electron chi connectivity index (χ1n) is 11.7. The lowest BCUT2D eigenvalue weighted by Crippen LogP contribution is -2.55. The minimum atomic E-state index is -1.25. The number of benzene rings is 3. The van der Waals surface area contributed by atoms with Crippen LogP contribution in [-0.4, -0.2) is 62.2 Å². The molecule has 0 aliphatic heterocycles. The molecule has 9 heteroatoms. The molecule has 3 aromatic carbocycles. The van der Waals surface area contributed by atoms with Gasteiger partial charge in [0.25, 0.3) is 5.91 Å². The van der Waals surface area contributed by atoms with Gasteiger partial charge in [-0.05, 0) is 40.3 Å². The molecular formula is C27H31N3O6. The minimum Gasteiger partial charge on any atom is -0.480 e. The van der Waals surface area contributed by atoms with Crippen molar-refractivity contribution < 1.29 is 29.9 Å². The summed E-state index contributed by atoms with van der Waals surface area (Å²) < 4.78 is 0. The highest BCUT2D eigenvalue weighted by Crippen LogP contribution is 2.28. The predicted octanol–water partition coefficient (Wildman–Crippen LogP) is 4.17. The molecule has 0 heterocycles. The lowest BCUT2D eigenvalue weighted by Gasteiger charge is -2.31. The molecule has 0 aliphatic rings. The molecule has 3 aromatic rings. The van der Waals surface area contributed by atoms with Gasteiger partial charge in [-0.1, -0.05) is 85.8 Å². The minimum absolute atomic E-state index is 0.0286. The first-order chi connectivity index (χ1) is 17.1.